The van der Waals surface area contributed by atoms with Crippen molar-refractivity contribution in [3.63, 3.8) is 0 Å². The highest BCUT2D eigenvalue weighted by atomic mass is 32.2. The summed E-state index contributed by atoms with van der Waals surface area (Å²) in [5.74, 6) is 0.114. The fraction of sp³-hybridized carbons (Fsp3) is 0.722. The van der Waals surface area contributed by atoms with Crippen LogP contribution in [0.4, 0.5) is 4.79 Å². The van der Waals surface area contributed by atoms with E-state index in [1.165, 1.54) is 11.3 Å². The van der Waals surface area contributed by atoms with Gasteiger partial charge in [0.2, 0.25) is 0 Å². The molecular formula is C18H27N3O4S2. The second-order valence-electron chi connectivity index (χ2n) is 7.78. The van der Waals surface area contributed by atoms with Crippen molar-refractivity contribution >= 4 is 27.4 Å². The van der Waals surface area contributed by atoms with Crippen LogP contribution in [0, 0.1) is 11.3 Å². The lowest BCUT2D eigenvalue weighted by molar-refractivity contribution is 0.00176. The van der Waals surface area contributed by atoms with Gasteiger partial charge in [-0.1, -0.05) is 6.07 Å². The zero-order valence-corrected chi connectivity index (χ0v) is 17.1. The number of nitrogens with one attached hydrogen (secondary N) is 1. The molecule has 150 valence electrons. The summed E-state index contributed by atoms with van der Waals surface area (Å²) in [6, 6.07) is 3.42. The SMILES string of the molecule is O=C(NCC1CN(S(=O)(=O)c2cccs2)CC12CCOCC2)N1CCCC1. The Morgan fingerprint density at radius 1 is 1.30 bits per heavy atom. The zero-order valence-electron chi connectivity index (χ0n) is 15.4. The predicted molar refractivity (Wildman–Crippen MR) is 103 cm³/mol. The lowest BCUT2D eigenvalue weighted by Gasteiger charge is -2.38. The Kier molecular flexibility index (Phi) is 5.46. The Bertz CT molecular complexity index is 754. The summed E-state index contributed by atoms with van der Waals surface area (Å²) in [5.41, 5.74) is -0.110. The maximum absolute atomic E-state index is 13.0. The van der Waals surface area contributed by atoms with E-state index >= 15 is 0 Å². The van der Waals surface area contributed by atoms with E-state index in [2.05, 4.69) is 5.32 Å². The number of ether oxygens (including phenoxy) is 1. The molecule has 4 heterocycles. The Balaban J connectivity index is 1.49. The smallest absolute Gasteiger partial charge is 0.317 e. The molecule has 4 rings (SSSR count). The van der Waals surface area contributed by atoms with Gasteiger partial charge in [0.15, 0.2) is 0 Å². The predicted octanol–water partition coefficient (Wildman–Crippen LogP) is 1.97. The number of hydrogen-bond donors (Lipinski definition) is 1. The van der Waals surface area contributed by atoms with E-state index in [0.717, 1.165) is 38.8 Å². The zero-order chi connectivity index (χ0) is 18.9. The Morgan fingerprint density at radius 2 is 2.04 bits per heavy atom. The Labute approximate surface area is 164 Å². The third-order valence-electron chi connectivity index (χ3n) is 6.25. The average Bonchev–Trinajstić information content (AvgIpc) is 3.42. The van der Waals surface area contributed by atoms with Crippen LogP contribution in [0.1, 0.15) is 25.7 Å². The van der Waals surface area contributed by atoms with Crippen LogP contribution in [0.3, 0.4) is 0 Å². The molecule has 3 aliphatic rings. The van der Waals surface area contributed by atoms with Crippen molar-refractivity contribution < 1.29 is 17.9 Å². The van der Waals surface area contributed by atoms with E-state index in [1.807, 2.05) is 4.90 Å². The highest BCUT2D eigenvalue weighted by molar-refractivity contribution is 7.91. The van der Waals surface area contributed by atoms with Gasteiger partial charge >= 0.3 is 6.03 Å². The number of amides is 2. The monoisotopic (exact) mass is 413 g/mol. The van der Waals surface area contributed by atoms with Crippen LogP contribution in [0.25, 0.3) is 0 Å². The van der Waals surface area contributed by atoms with E-state index in [-0.39, 0.29) is 17.4 Å². The molecule has 27 heavy (non-hydrogen) atoms. The average molecular weight is 414 g/mol. The van der Waals surface area contributed by atoms with Crippen LogP contribution >= 0.6 is 11.3 Å². The van der Waals surface area contributed by atoms with Crippen molar-refractivity contribution in [1.82, 2.24) is 14.5 Å². The summed E-state index contributed by atoms with van der Waals surface area (Å²) in [6.45, 7) is 4.43. The van der Waals surface area contributed by atoms with Crippen molar-refractivity contribution in [1.29, 1.82) is 0 Å². The van der Waals surface area contributed by atoms with E-state index in [0.29, 0.717) is 37.1 Å². The topological polar surface area (TPSA) is 79.0 Å². The fourth-order valence-electron chi connectivity index (χ4n) is 4.57. The minimum Gasteiger partial charge on any atom is -0.381 e. The summed E-state index contributed by atoms with van der Waals surface area (Å²) >= 11 is 1.26. The van der Waals surface area contributed by atoms with Crippen molar-refractivity contribution in [3.05, 3.63) is 17.5 Å². The number of thiophene rings is 1. The quantitative estimate of drug-likeness (QED) is 0.819. The van der Waals surface area contributed by atoms with E-state index in [9.17, 15) is 13.2 Å². The molecule has 9 heteroatoms. The molecule has 1 atom stereocenters. The van der Waals surface area contributed by atoms with Crippen molar-refractivity contribution in [3.8, 4) is 0 Å². The van der Waals surface area contributed by atoms with Crippen LogP contribution in [-0.4, -0.2) is 69.6 Å². The van der Waals surface area contributed by atoms with Crippen molar-refractivity contribution in [2.45, 2.75) is 29.9 Å². The number of hydrogen-bond acceptors (Lipinski definition) is 5. The number of rotatable bonds is 4. The summed E-state index contributed by atoms with van der Waals surface area (Å²) in [6.07, 6.45) is 3.80. The largest absolute Gasteiger partial charge is 0.381 e. The molecule has 3 aliphatic heterocycles. The summed E-state index contributed by atoms with van der Waals surface area (Å²) in [5, 5.41) is 4.86. The normalized spacial score (nSPS) is 25.9. The van der Waals surface area contributed by atoms with Gasteiger partial charge in [-0.05, 0) is 48.5 Å². The van der Waals surface area contributed by atoms with Gasteiger partial charge in [0, 0.05) is 45.9 Å². The fourth-order valence-corrected chi connectivity index (χ4v) is 7.30. The molecule has 1 unspecified atom stereocenters. The Hall–Kier alpha value is -1.16. The first kappa shape index (κ1) is 19.2. The van der Waals surface area contributed by atoms with Crippen LogP contribution in [0.15, 0.2) is 21.7 Å². The number of urea groups is 1. The first-order valence-electron chi connectivity index (χ1n) is 9.65. The highest BCUT2D eigenvalue weighted by Gasteiger charge is 2.50. The molecule has 1 N–H and O–H groups in total. The van der Waals surface area contributed by atoms with Gasteiger partial charge < -0.3 is 15.0 Å². The van der Waals surface area contributed by atoms with Gasteiger partial charge in [-0.15, -0.1) is 11.3 Å². The van der Waals surface area contributed by atoms with Gasteiger partial charge in [-0.2, -0.15) is 4.31 Å². The number of likely N-dealkylation sites (tertiary alicyclic amines) is 1. The second-order valence-corrected chi connectivity index (χ2v) is 10.9. The molecule has 1 aromatic rings. The lowest BCUT2D eigenvalue weighted by atomic mass is 9.72. The first-order chi connectivity index (χ1) is 13.0. The van der Waals surface area contributed by atoms with E-state index in [1.54, 1.807) is 21.8 Å². The molecule has 7 nitrogen and oxygen atoms in total. The minimum absolute atomic E-state index is 0.0192. The Morgan fingerprint density at radius 3 is 2.70 bits per heavy atom. The molecule has 3 fully saturated rings. The minimum atomic E-state index is -3.47. The summed E-state index contributed by atoms with van der Waals surface area (Å²) < 4.78 is 33.6. The first-order valence-corrected chi connectivity index (χ1v) is 12.0. The molecular weight excluding hydrogens is 386 g/mol. The molecule has 0 aromatic carbocycles. The van der Waals surface area contributed by atoms with Crippen LogP contribution in [0.5, 0.6) is 0 Å². The molecule has 0 bridgehead atoms. The molecule has 0 saturated carbocycles. The second kappa shape index (κ2) is 7.69. The third-order valence-corrected chi connectivity index (χ3v) is 9.44. The van der Waals surface area contributed by atoms with Gasteiger partial charge in [-0.25, -0.2) is 13.2 Å². The molecule has 3 saturated heterocycles. The maximum atomic E-state index is 13.0. The number of nitrogens with zero attached hydrogens (tertiary/aromatic N) is 2. The maximum Gasteiger partial charge on any atom is 0.317 e. The molecule has 1 spiro atoms. The van der Waals surface area contributed by atoms with Gasteiger partial charge in [0.25, 0.3) is 10.0 Å². The number of sulfonamides is 1. The van der Waals surface area contributed by atoms with Crippen molar-refractivity contribution in [2.75, 3.05) is 45.9 Å². The van der Waals surface area contributed by atoms with Crippen molar-refractivity contribution in [2.24, 2.45) is 11.3 Å². The van der Waals surface area contributed by atoms with Crippen LogP contribution < -0.4 is 5.32 Å². The molecule has 0 radical (unpaired) electrons. The summed E-state index contributed by atoms with van der Waals surface area (Å²) in [4.78, 5) is 14.3. The van der Waals surface area contributed by atoms with E-state index < -0.39 is 10.0 Å². The third kappa shape index (κ3) is 3.74. The number of carbonyl (C=O) groups excluding carboxylic acids is 1. The van der Waals surface area contributed by atoms with Crippen LogP contribution in [-0.2, 0) is 14.8 Å². The van der Waals surface area contributed by atoms with E-state index in [4.69, 9.17) is 4.74 Å². The van der Waals surface area contributed by atoms with Gasteiger partial charge in [0.1, 0.15) is 4.21 Å². The highest BCUT2D eigenvalue weighted by Crippen LogP contribution is 2.45. The molecule has 0 aliphatic carbocycles. The van der Waals surface area contributed by atoms with Gasteiger partial charge in [0.05, 0.1) is 0 Å². The molecule has 1 aromatic heterocycles. The lowest BCUT2D eigenvalue weighted by Crippen LogP contribution is -2.45. The summed E-state index contributed by atoms with van der Waals surface area (Å²) in [7, 11) is -3.47. The van der Waals surface area contributed by atoms with Crippen LogP contribution in [0.2, 0.25) is 0 Å². The standard InChI is InChI=1S/C18H27N3O4S2/c22-17(20-7-1-2-8-20)19-12-15-13-21(14-18(15)5-9-25-10-6-18)27(23,24)16-4-3-11-26-16/h3-4,11,15H,1-2,5-10,12-14H2,(H,19,22). The number of carbonyl (C=O) groups is 1. The molecule has 2 amide bonds. The van der Waals surface area contributed by atoms with Gasteiger partial charge in [-0.3, -0.25) is 0 Å².